The van der Waals surface area contributed by atoms with E-state index in [-0.39, 0.29) is 18.6 Å². The van der Waals surface area contributed by atoms with E-state index in [1.165, 1.54) is 0 Å². The van der Waals surface area contributed by atoms with Crippen LogP contribution in [0.4, 0.5) is 0 Å². The van der Waals surface area contributed by atoms with Crippen molar-refractivity contribution in [3.8, 4) is 11.5 Å². The number of hydrogen-bond donors (Lipinski definition) is 1. The van der Waals surface area contributed by atoms with Gasteiger partial charge in [-0.2, -0.15) is 0 Å². The van der Waals surface area contributed by atoms with Gasteiger partial charge in [0, 0.05) is 19.1 Å². The van der Waals surface area contributed by atoms with Crippen molar-refractivity contribution in [1.82, 2.24) is 4.90 Å². The van der Waals surface area contributed by atoms with Crippen molar-refractivity contribution in [1.29, 1.82) is 0 Å². The van der Waals surface area contributed by atoms with Crippen molar-refractivity contribution in [2.24, 2.45) is 5.73 Å². The van der Waals surface area contributed by atoms with Crippen molar-refractivity contribution >= 4 is 5.91 Å². The summed E-state index contributed by atoms with van der Waals surface area (Å²) < 4.78 is 10.9. The zero-order valence-electron chi connectivity index (χ0n) is 12.6. The summed E-state index contributed by atoms with van der Waals surface area (Å²) in [6.45, 7) is 3.94. The highest BCUT2D eigenvalue weighted by Crippen LogP contribution is 2.19. The largest absolute Gasteiger partial charge is 0.494 e. The number of likely N-dealkylation sites (tertiary alicyclic amines) is 1. The highest BCUT2D eigenvalue weighted by molar-refractivity contribution is 5.78. The van der Waals surface area contributed by atoms with Crippen molar-refractivity contribution in [3.05, 3.63) is 24.3 Å². The van der Waals surface area contributed by atoms with Gasteiger partial charge in [-0.15, -0.1) is 0 Å². The molecule has 0 aliphatic carbocycles. The summed E-state index contributed by atoms with van der Waals surface area (Å²) in [5, 5.41) is 0. The van der Waals surface area contributed by atoms with Gasteiger partial charge in [0.25, 0.3) is 5.91 Å². The van der Waals surface area contributed by atoms with Gasteiger partial charge in [0.15, 0.2) is 6.61 Å². The topological polar surface area (TPSA) is 64.8 Å². The fourth-order valence-electron chi connectivity index (χ4n) is 2.60. The summed E-state index contributed by atoms with van der Waals surface area (Å²) in [5.41, 5.74) is 5.74. The molecule has 1 saturated heterocycles. The van der Waals surface area contributed by atoms with E-state index in [0.29, 0.717) is 18.9 Å². The zero-order chi connectivity index (χ0) is 15.1. The van der Waals surface area contributed by atoms with Crippen LogP contribution in [0.1, 0.15) is 26.2 Å². The van der Waals surface area contributed by atoms with E-state index in [1.54, 1.807) is 0 Å². The van der Waals surface area contributed by atoms with E-state index < -0.39 is 0 Å². The number of ether oxygens (including phenoxy) is 2. The molecule has 5 heteroatoms. The SMILES string of the molecule is CCOc1ccc(OCC(=O)N2CCCCC2CN)cc1. The molecular formula is C16H24N2O3. The minimum absolute atomic E-state index is 0.0130. The van der Waals surface area contributed by atoms with Gasteiger partial charge in [-0.1, -0.05) is 0 Å². The zero-order valence-corrected chi connectivity index (χ0v) is 12.6. The van der Waals surface area contributed by atoms with Crippen molar-refractivity contribution in [2.45, 2.75) is 32.2 Å². The first-order chi connectivity index (χ1) is 10.2. The fraction of sp³-hybridized carbons (Fsp3) is 0.562. The van der Waals surface area contributed by atoms with Crippen LogP contribution in [0.2, 0.25) is 0 Å². The van der Waals surface area contributed by atoms with Crippen LogP contribution < -0.4 is 15.2 Å². The molecule has 5 nitrogen and oxygen atoms in total. The van der Waals surface area contributed by atoms with Crippen molar-refractivity contribution in [3.63, 3.8) is 0 Å². The summed E-state index contributed by atoms with van der Waals surface area (Å²) in [6.07, 6.45) is 3.18. The average Bonchev–Trinajstić information content (AvgIpc) is 2.54. The third-order valence-electron chi connectivity index (χ3n) is 3.72. The molecule has 21 heavy (non-hydrogen) atoms. The molecule has 1 aromatic carbocycles. The van der Waals surface area contributed by atoms with E-state index in [0.717, 1.165) is 31.6 Å². The summed E-state index contributed by atoms with van der Waals surface area (Å²) >= 11 is 0. The monoisotopic (exact) mass is 292 g/mol. The van der Waals surface area contributed by atoms with Gasteiger partial charge in [-0.25, -0.2) is 0 Å². The lowest BCUT2D eigenvalue weighted by molar-refractivity contribution is -0.136. The highest BCUT2D eigenvalue weighted by Gasteiger charge is 2.25. The fourth-order valence-corrected chi connectivity index (χ4v) is 2.60. The molecule has 1 aliphatic rings. The first-order valence-electron chi connectivity index (χ1n) is 7.59. The predicted molar refractivity (Wildman–Crippen MR) is 81.5 cm³/mol. The van der Waals surface area contributed by atoms with Crippen LogP contribution in [-0.2, 0) is 4.79 Å². The van der Waals surface area contributed by atoms with Gasteiger partial charge in [0.1, 0.15) is 11.5 Å². The Kier molecular flexibility index (Phi) is 5.87. The molecule has 0 bridgehead atoms. The third kappa shape index (κ3) is 4.36. The molecule has 1 fully saturated rings. The molecule has 0 saturated carbocycles. The van der Waals surface area contributed by atoms with E-state index >= 15 is 0 Å². The molecule has 1 amide bonds. The second kappa shape index (κ2) is 7.88. The van der Waals surface area contributed by atoms with Crippen LogP contribution in [0.3, 0.4) is 0 Å². The number of carbonyl (C=O) groups excluding carboxylic acids is 1. The molecule has 1 atom stereocenters. The Bertz CT molecular complexity index is 447. The summed E-state index contributed by atoms with van der Waals surface area (Å²) in [4.78, 5) is 14.1. The Labute approximate surface area is 126 Å². The van der Waals surface area contributed by atoms with Gasteiger partial charge in [0.2, 0.25) is 0 Å². The first kappa shape index (κ1) is 15.6. The van der Waals surface area contributed by atoms with Crippen molar-refractivity contribution in [2.75, 3.05) is 26.3 Å². The van der Waals surface area contributed by atoms with E-state index in [2.05, 4.69) is 0 Å². The maximum atomic E-state index is 12.2. The summed E-state index contributed by atoms with van der Waals surface area (Å²) in [7, 11) is 0. The molecule has 116 valence electrons. The average molecular weight is 292 g/mol. The molecule has 1 aromatic rings. The van der Waals surface area contributed by atoms with Gasteiger partial charge in [0.05, 0.1) is 6.61 Å². The molecule has 2 rings (SSSR count). The molecule has 1 unspecified atom stereocenters. The quantitative estimate of drug-likeness (QED) is 0.868. The second-order valence-corrected chi connectivity index (χ2v) is 5.17. The number of rotatable bonds is 6. The number of piperidine rings is 1. The Hall–Kier alpha value is -1.75. The molecule has 1 heterocycles. The number of carbonyl (C=O) groups is 1. The van der Waals surface area contributed by atoms with E-state index in [4.69, 9.17) is 15.2 Å². The Balaban J connectivity index is 1.85. The number of hydrogen-bond acceptors (Lipinski definition) is 4. The number of nitrogens with zero attached hydrogens (tertiary/aromatic N) is 1. The highest BCUT2D eigenvalue weighted by atomic mass is 16.5. The summed E-state index contributed by atoms with van der Waals surface area (Å²) in [6, 6.07) is 7.47. The van der Waals surface area contributed by atoms with Crippen molar-refractivity contribution < 1.29 is 14.3 Å². The lowest BCUT2D eigenvalue weighted by Crippen LogP contribution is -2.49. The number of nitrogens with two attached hydrogens (primary N) is 1. The lowest BCUT2D eigenvalue weighted by Gasteiger charge is -2.34. The Morgan fingerprint density at radius 1 is 1.24 bits per heavy atom. The molecule has 2 N–H and O–H groups in total. The van der Waals surface area contributed by atoms with E-state index in [9.17, 15) is 4.79 Å². The predicted octanol–water partition coefficient (Wildman–Crippen LogP) is 1.80. The maximum Gasteiger partial charge on any atom is 0.260 e. The summed E-state index contributed by atoms with van der Waals surface area (Å²) in [5.74, 6) is 1.49. The maximum absolute atomic E-state index is 12.2. The number of amides is 1. The van der Waals surface area contributed by atoms with Crippen LogP contribution in [0.15, 0.2) is 24.3 Å². The number of benzene rings is 1. The van der Waals surface area contributed by atoms with E-state index in [1.807, 2.05) is 36.1 Å². The van der Waals surface area contributed by atoms with Gasteiger partial charge >= 0.3 is 0 Å². The standard InChI is InChI=1S/C16H24N2O3/c1-2-20-14-6-8-15(9-7-14)21-12-16(19)18-10-4-3-5-13(18)11-17/h6-9,13H,2-5,10-12,17H2,1H3. The minimum Gasteiger partial charge on any atom is -0.494 e. The smallest absolute Gasteiger partial charge is 0.260 e. The molecule has 0 radical (unpaired) electrons. The van der Waals surface area contributed by atoms with Crippen LogP contribution in [-0.4, -0.2) is 43.2 Å². The van der Waals surface area contributed by atoms with Gasteiger partial charge in [-0.05, 0) is 50.5 Å². The van der Waals surface area contributed by atoms with Crippen LogP contribution in [0, 0.1) is 0 Å². The van der Waals surface area contributed by atoms with Crippen LogP contribution in [0.25, 0.3) is 0 Å². The molecule has 1 aliphatic heterocycles. The molecule has 0 aromatic heterocycles. The van der Waals surface area contributed by atoms with Crippen LogP contribution in [0.5, 0.6) is 11.5 Å². The van der Waals surface area contributed by atoms with Gasteiger partial charge < -0.3 is 20.1 Å². The Morgan fingerprint density at radius 2 is 1.90 bits per heavy atom. The minimum atomic E-state index is 0.0130. The Morgan fingerprint density at radius 3 is 2.52 bits per heavy atom. The third-order valence-corrected chi connectivity index (χ3v) is 3.72. The first-order valence-corrected chi connectivity index (χ1v) is 7.59. The second-order valence-electron chi connectivity index (χ2n) is 5.17. The normalized spacial score (nSPS) is 18.4. The van der Waals surface area contributed by atoms with Gasteiger partial charge in [-0.3, -0.25) is 4.79 Å². The lowest BCUT2D eigenvalue weighted by atomic mass is 10.0. The molecular weight excluding hydrogens is 268 g/mol. The molecule has 0 spiro atoms. The van der Waals surface area contributed by atoms with Crippen LogP contribution >= 0.6 is 0 Å².